The monoisotopic (exact) mass is 282 g/mol. The van der Waals surface area contributed by atoms with Gasteiger partial charge in [-0.1, -0.05) is 25.1 Å². The van der Waals surface area contributed by atoms with Gasteiger partial charge in [0.25, 0.3) is 0 Å². The van der Waals surface area contributed by atoms with Crippen molar-refractivity contribution < 1.29 is 0 Å². The molecule has 1 fully saturated rings. The molecule has 108 valence electrons. The van der Waals surface area contributed by atoms with Crippen LogP contribution in [0.4, 0.5) is 0 Å². The summed E-state index contributed by atoms with van der Waals surface area (Å²) < 4.78 is 2.08. The topological polar surface area (TPSA) is 42.7 Å². The van der Waals surface area contributed by atoms with Gasteiger partial charge in [0.05, 0.1) is 0 Å². The molecule has 4 nitrogen and oxygen atoms in total. The normalized spacial score (nSPS) is 23.1. The Morgan fingerprint density at radius 3 is 2.89 bits per heavy atom. The lowest BCUT2D eigenvalue weighted by Gasteiger charge is -2.20. The fourth-order valence-corrected chi connectivity index (χ4v) is 3.82. The summed E-state index contributed by atoms with van der Waals surface area (Å²) in [5, 5.41) is 13.1. The lowest BCUT2D eigenvalue weighted by molar-refractivity contribution is 0.393. The molecule has 2 unspecified atom stereocenters. The number of thioether (sulfide) groups is 1. The van der Waals surface area contributed by atoms with Gasteiger partial charge in [0.1, 0.15) is 5.82 Å². The van der Waals surface area contributed by atoms with E-state index >= 15 is 0 Å². The molecule has 0 amide bonds. The van der Waals surface area contributed by atoms with Crippen LogP contribution in [0.3, 0.4) is 0 Å². The molecule has 0 bridgehead atoms. The van der Waals surface area contributed by atoms with Gasteiger partial charge in [-0.2, -0.15) is 0 Å². The standard InChI is InChI=1S/C14H26N4S/c1-4-9-15-13-7-5-6-12(13)8-10-19-14-17-16-11(2)18(14)3/h12-13,15H,4-10H2,1-3H3. The average Bonchev–Trinajstić information content (AvgIpc) is 2.98. The first-order chi connectivity index (χ1) is 9.22. The number of aryl methyl sites for hydroxylation is 1. The minimum Gasteiger partial charge on any atom is -0.314 e. The number of hydrogen-bond donors (Lipinski definition) is 1. The SMILES string of the molecule is CCCNC1CCCC1CCSc1nnc(C)n1C. The molecule has 0 aromatic carbocycles. The van der Waals surface area contributed by atoms with Gasteiger partial charge in [-0.15, -0.1) is 10.2 Å². The van der Waals surface area contributed by atoms with E-state index in [-0.39, 0.29) is 0 Å². The predicted octanol–water partition coefficient (Wildman–Crippen LogP) is 2.77. The predicted molar refractivity (Wildman–Crippen MR) is 80.5 cm³/mol. The molecule has 2 atom stereocenters. The van der Waals surface area contributed by atoms with Gasteiger partial charge < -0.3 is 9.88 Å². The molecular formula is C14H26N4S. The van der Waals surface area contributed by atoms with Crippen LogP contribution in [0.15, 0.2) is 5.16 Å². The Hall–Kier alpha value is -0.550. The van der Waals surface area contributed by atoms with Crippen LogP contribution in [-0.2, 0) is 7.05 Å². The van der Waals surface area contributed by atoms with Gasteiger partial charge in [-0.3, -0.25) is 0 Å². The van der Waals surface area contributed by atoms with Crippen molar-refractivity contribution in [3.05, 3.63) is 5.82 Å². The first-order valence-corrected chi connectivity index (χ1v) is 8.43. The van der Waals surface area contributed by atoms with Crippen molar-refractivity contribution in [1.29, 1.82) is 0 Å². The van der Waals surface area contributed by atoms with Crippen LogP contribution in [0.5, 0.6) is 0 Å². The van der Waals surface area contributed by atoms with Crippen molar-refractivity contribution in [2.24, 2.45) is 13.0 Å². The molecular weight excluding hydrogens is 256 g/mol. The molecule has 1 N–H and O–H groups in total. The van der Waals surface area contributed by atoms with E-state index in [1.807, 2.05) is 25.7 Å². The molecule has 1 saturated carbocycles. The zero-order valence-electron chi connectivity index (χ0n) is 12.4. The van der Waals surface area contributed by atoms with Crippen LogP contribution in [0.25, 0.3) is 0 Å². The quantitative estimate of drug-likeness (QED) is 0.781. The highest BCUT2D eigenvalue weighted by molar-refractivity contribution is 7.99. The van der Waals surface area contributed by atoms with Crippen molar-refractivity contribution in [2.45, 2.75) is 57.1 Å². The fourth-order valence-electron chi connectivity index (χ4n) is 2.80. The highest BCUT2D eigenvalue weighted by Gasteiger charge is 2.26. The van der Waals surface area contributed by atoms with E-state index in [0.29, 0.717) is 0 Å². The minimum atomic E-state index is 0.752. The van der Waals surface area contributed by atoms with E-state index in [9.17, 15) is 0 Å². The largest absolute Gasteiger partial charge is 0.314 e. The van der Waals surface area contributed by atoms with Crippen molar-refractivity contribution >= 4 is 11.8 Å². The summed E-state index contributed by atoms with van der Waals surface area (Å²) in [6, 6.07) is 0.752. The fraction of sp³-hybridized carbons (Fsp3) is 0.857. The Morgan fingerprint density at radius 1 is 1.37 bits per heavy atom. The number of nitrogens with zero attached hydrogens (tertiary/aromatic N) is 3. The molecule has 1 aromatic heterocycles. The van der Waals surface area contributed by atoms with Crippen molar-refractivity contribution in [1.82, 2.24) is 20.1 Å². The van der Waals surface area contributed by atoms with Crippen LogP contribution in [0, 0.1) is 12.8 Å². The van der Waals surface area contributed by atoms with Crippen LogP contribution < -0.4 is 5.32 Å². The lowest BCUT2D eigenvalue weighted by atomic mass is 10.0. The number of aromatic nitrogens is 3. The van der Waals surface area contributed by atoms with Crippen molar-refractivity contribution in [3.63, 3.8) is 0 Å². The van der Waals surface area contributed by atoms with E-state index < -0.39 is 0 Å². The third-order valence-corrected chi connectivity index (χ3v) is 5.14. The van der Waals surface area contributed by atoms with E-state index in [1.165, 1.54) is 32.1 Å². The third-order valence-electron chi connectivity index (χ3n) is 4.09. The summed E-state index contributed by atoms with van der Waals surface area (Å²) >= 11 is 1.84. The molecule has 19 heavy (non-hydrogen) atoms. The average molecular weight is 282 g/mol. The molecule has 1 heterocycles. The Kier molecular flexibility index (Phi) is 5.70. The molecule has 5 heteroatoms. The Morgan fingerprint density at radius 2 is 2.21 bits per heavy atom. The molecule has 0 spiro atoms. The first kappa shape index (κ1) is 14.9. The molecule has 0 saturated heterocycles. The van der Waals surface area contributed by atoms with E-state index in [4.69, 9.17) is 0 Å². The van der Waals surface area contributed by atoms with Gasteiger partial charge in [-0.05, 0) is 45.1 Å². The second-order valence-corrected chi connectivity index (χ2v) is 6.54. The van der Waals surface area contributed by atoms with Crippen LogP contribution in [0.1, 0.15) is 44.9 Å². The van der Waals surface area contributed by atoms with Gasteiger partial charge >= 0.3 is 0 Å². The van der Waals surface area contributed by atoms with Gasteiger partial charge in [-0.25, -0.2) is 0 Å². The van der Waals surface area contributed by atoms with Crippen LogP contribution in [0.2, 0.25) is 0 Å². The Balaban J connectivity index is 1.74. The summed E-state index contributed by atoms with van der Waals surface area (Å²) in [6.07, 6.45) is 6.66. The molecule has 0 radical (unpaired) electrons. The third kappa shape index (κ3) is 3.96. The van der Waals surface area contributed by atoms with Crippen molar-refractivity contribution in [2.75, 3.05) is 12.3 Å². The van der Waals surface area contributed by atoms with E-state index in [0.717, 1.165) is 35.2 Å². The smallest absolute Gasteiger partial charge is 0.190 e. The van der Waals surface area contributed by atoms with E-state index in [1.54, 1.807) is 0 Å². The summed E-state index contributed by atoms with van der Waals surface area (Å²) in [5.74, 6) is 3.00. The molecule has 0 aliphatic heterocycles. The van der Waals surface area contributed by atoms with Gasteiger partial charge in [0, 0.05) is 18.8 Å². The zero-order chi connectivity index (χ0) is 13.7. The maximum Gasteiger partial charge on any atom is 0.190 e. The highest BCUT2D eigenvalue weighted by Crippen LogP contribution is 2.30. The Labute approximate surface area is 120 Å². The first-order valence-electron chi connectivity index (χ1n) is 7.44. The minimum absolute atomic E-state index is 0.752. The van der Waals surface area contributed by atoms with Gasteiger partial charge in [0.2, 0.25) is 0 Å². The molecule has 2 rings (SSSR count). The Bertz CT molecular complexity index is 391. The summed E-state index contributed by atoms with van der Waals surface area (Å²) in [4.78, 5) is 0. The summed E-state index contributed by atoms with van der Waals surface area (Å²) in [7, 11) is 2.04. The maximum absolute atomic E-state index is 4.21. The molecule has 1 aliphatic carbocycles. The molecule has 1 aliphatic rings. The second-order valence-electron chi connectivity index (χ2n) is 5.48. The zero-order valence-corrected chi connectivity index (χ0v) is 13.2. The van der Waals surface area contributed by atoms with Crippen LogP contribution >= 0.6 is 11.8 Å². The number of hydrogen-bond acceptors (Lipinski definition) is 4. The summed E-state index contributed by atoms with van der Waals surface area (Å²) in [6.45, 7) is 5.40. The maximum atomic E-state index is 4.21. The number of rotatable bonds is 7. The molecule has 1 aromatic rings. The summed E-state index contributed by atoms with van der Waals surface area (Å²) in [5.41, 5.74) is 0. The second kappa shape index (κ2) is 7.29. The number of nitrogens with one attached hydrogen (secondary N) is 1. The highest BCUT2D eigenvalue weighted by atomic mass is 32.2. The lowest BCUT2D eigenvalue weighted by Crippen LogP contribution is -2.33. The van der Waals surface area contributed by atoms with Gasteiger partial charge in [0.15, 0.2) is 5.16 Å². The van der Waals surface area contributed by atoms with Crippen LogP contribution in [-0.4, -0.2) is 33.1 Å². The van der Waals surface area contributed by atoms with Crippen molar-refractivity contribution in [3.8, 4) is 0 Å². The van der Waals surface area contributed by atoms with E-state index in [2.05, 4.69) is 27.0 Å².